The summed E-state index contributed by atoms with van der Waals surface area (Å²) in [7, 11) is 0. The Morgan fingerprint density at radius 2 is 0.649 bits per heavy atom. The number of fused-ring (bicyclic) bond motifs is 16. The van der Waals surface area contributed by atoms with Crippen molar-refractivity contribution in [2.24, 2.45) is 0 Å². The van der Waals surface area contributed by atoms with Gasteiger partial charge in [-0.25, -0.2) is 0 Å². The lowest BCUT2D eigenvalue weighted by atomic mass is 9.99. The van der Waals surface area contributed by atoms with Crippen molar-refractivity contribution in [3.8, 4) is 11.4 Å². The van der Waals surface area contributed by atoms with Gasteiger partial charge >= 0.3 is 0 Å². The third-order valence-electron chi connectivity index (χ3n) is 12.4. The molecule has 0 fully saturated rings. The van der Waals surface area contributed by atoms with Crippen LogP contribution in [0.3, 0.4) is 0 Å². The number of para-hydroxylation sites is 6. The van der Waals surface area contributed by atoms with Crippen molar-refractivity contribution in [3.63, 3.8) is 0 Å². The summed E-state index contributed by atoms with van der Waals surface area (Å²) in [5.74, 6) is 0. The number of rotatable bonds is 2. The van der Waals surface area contributed by atoms with Gasteiger partial charge in [0.25, 0.3) is 0 Å². The maximum absolute atomic E-state index is 2.52. The molecule has 0 radical (unpaired) electrons. The van der Waals surface area contributed by atoms with E-state index in [4.69, 9.17) is 0 Å². The molecule has 0 N–H and O–H groups in total. The van der Waals surface area contributed by atoms with E-state index in [1.165, 1.54) is 103 Å². The first-order valence-electron chi connectivity index (χ1n) is 19.7. The topological polar surface area (TPSA) is 14.3 Å². The molecule has 4 heterocycles. The molecular formula is C54H33N3. The molecule has 57 heavy (non-hydrogen) atoms. The van der Waals surface area contributed by atoms with Gasteiger partial charge in [0.1, 0.15) is 0 Å². The van der Waals surface area contributed by atoms with Gasteiger partial charge in [-0.2, -0.15) is 0 Å². The van der Waals surface area contributed by atoms with Crippen LogP contribution in [-0.2, 0) is 0 Å². The molecule has 0 saturated carbocycles. The standard InChI is InChI=1S/C54H33N3/c1-2-16-36-35(15-1)37-17-3-11-28-49(37)57-50-29-12-6-20-40(50)43-23-13-24-44(54(43)57)53-42(36)22-14-30-52(53)56-48-27-10-7-21-41(48)45-33-34(31-32-51(45)56)55-46-25-8-4-18-38(46)39-19-5-9-26-47(39)55/h1-33H. The van der Waals surface area contributed by atoms with Crippen LogP contribution in [0.2, 0.25) is 0 Å². The van der Waals surface area contributed by atoms with E-state index < -0.39 is 0 Å². The van der Waals surface area contributed by atoms with Crippen molar-refractivity contribution in [1.82, 2.24) is 13.5 Å². The Hall–Kier alpha value is -7.62. The van der Waals surface area contributed by atoms with Crippen LogP contribution in [0.4, 0.5) is 0 Å². The Bertz CT molecular complexity index is 3820. The van der Waals surface area contributed by atoms with E-state index >= 15 is 0 Å². The van der Waals surface area contributed by atoms with Crippen LogP contribution in [0.15, 0.2) is 200 Å². The molecule has 0 spiro atoms. The fourth-order valence-corrected chi connectivity index (χ4v) is 10.1. The minimum atomic E-state index is 1.16. The monoisotopic (exact) mass is 723 g/mol. The lowest BCUT2D eigenvalue weighted by molar-refractivity contribution is 1.17. The van der Waals surface area contributed by atoms with E-state index in [1.807, 2.05) is 0 Å². The SMILES string of the molecule is c1ccc2c(c1)c1cccc(-n3c4ccccc4c4cc(-n5c6ccccc6c6ccccc65)ccc43)c1c1cccc3c4ccccc4n(c4ccccc24)c31. The van der Waals surface area contributed by atoms with Crippen molar-refractivity contribution >= 4 is 103 Å². The van der Waals surface area contributed by atoms with Gasteiger partial charge < -0.3 is 13.5 Å². The van der Waals surface area contributed by atoms with Gasteiger partial charge in [0.15, 0.2) is 0 Å². The summed E-state index contributed by atoms with van der Waals surface area (Å²) < 4.78 is 7.45. The second-order valence-corrected chi connectivity index (χ2v) is 15.2. The highest BCUT2D eigenvalue weighted by atomic mass is 15.0. The Morgan fingerprint density at radius 3 is 1.28 bits per heavy atom. The second-order valence-electron chi connectivity index (χ2n) is 15.2. The van der Waals surface area contributed by atoms with Gasteiger partial charge in [0, 0.05) is 54.2 Å². The number of nitrogens with zero attached hydrogens (tertiary/aromatic N) is 3. The molecule has 13 aromatic rings. The summed E-state index contributed by atoms with van der Waals surface area (Å²) in [6.07, 6.45) is 0. The molecule has 4 aromatic heterocycles. The van der Waals surface area contributed by atoms with E-state index in [2.05, 4.69) is 214 Å². The molecule has 13 rings (SSSR count). The Morgan fingerprint density at radius 1 is 0.246 bits per heavy atom. The van der Waals surface area contributed by atoms with E-state index in [9.17, 15) is 0 Å². The molecule has 0 unspecified atom stereocenters. The number of hydrogen-bond donors (Lipinski definition) is 0. The van der Waals surface area contributed by atoms with Crippen LogP contribution in [0, 0.1) is 0 Å². The smallest absolute Gasteiger partial charge is 0.0620 e. The fraction of sp³-hybridized carbons (Fsp3) is 0. The highest BCUT2D eigenvalue weighted by Gasteiger charge is 2.20. The number of aromatic nitrogens is 3. The lowest BCUT2D eigenvalue weighted by Gasteiger charge is -2.14. The summed E-state index contributed by atoms with van der Waals surface area (Å²) in [6, 6.07) is 74.0. The second kappa shape index (κ2) is 11.5. The third-order valence-corrected chi connectivity index (χ3v) is 12.4. The zero-order chi connectivity index (χ0) is 37.2. The Labute approximate surface area is 327 Å². The van der Waals surface area contributed by atoms with E-state index in [0.717, 1.165) is 11.4 Å². The van der Waals surface area contributed by atoms with E-state index in [-0.39, 0.29) is 0 Å². The molecule has 3 heteroatoms. The Balaban J connectivity index is 1.24. The highest BCUT2D eigenvalue weighted by molar-refractivity contribution is 6.27. The molecule has 264 valence electrons. The first-order valence-corrected chi connectivity index (χ1v) is 19.7. The molecular weight excluding hydrogens is 691 g/mol. The quantitative estimate of drug-likeness (QED) is 0.169. The zero-order valence-electron chi connectivity index (χ0n) is 30.9. The summed E-state index contributed by atoms with van der Waals surface area (Å²) in [5.41, 5.74) is 10.7. The molecule has 0 aliphatic carbocycles. The normalized spacial score (nSPS) is 12.2. The lowest BCUT2D eigenvalue weighted by Crippen LogP contribution is -1.97. The molecule has 0 aliphatic heterocycles. The largest absolute Gasteiger partial charge is 0.309 e. The van der Waals surface area contributed by atoms with Gasteiger partial charge in [-0.05, 0) is 70.8 Å². The summed E-state index contributed by atoms with van der Waals surface area (Å²) in [6.45, 7) is 0. The maximum atomic E-state index is 2.52. The van der Waals surface area contributed by atoms with Crippen LogP contribution in [0.5, 0.6) is 0 Å². The highest BCUT2D eigenvalue weighted by Crippen LogP contribution is 2.43. The molecule has 0 aliphatic rings. The first-order chi connectivity index (χ1) is 28.3. The van der Waals surface area contributed by atoms with Gasteiger partial charge in [-0.3, -0.25) is 0 Å². The van der Waals surface area contributed by atoms with Crippen molar-refractivity contribution < 1.29 is 0 Å². The predicted octanol–water partition coefficient (Wildman–Crippen LogP) is 14.5. The fourth-order valence-electron chi connectivity index (χ4n) is 10.1. The van der Waals surface area contributed by atoms with E-state index in [0.29, 0.717) is 0 Å². The predicted molar refractivity (Wildman–Crippen MR) is 242 cm³/mol. The average molecular weight is 724 g/mol. The zero-order valence-corrected chi connectivity index (χ0v) is 30.9. The Kier molecular flexibility index (Phi) is 6.16. The van der Waals surface area contributed by atoms with Crippen molar-refractivity contribution in [2.45, 2.75) is 0 Å². The molecule has 0 atom stereocenters. The minimum absolute atomic E-state index is 1.16. The average Bonchev–Trinajstić information content (AvgIpc) is 3.92. The third kappa shape index (κ3) is 4.10. The van der Waals surface area contributed by atoms with Crippen LogP contribution < -0.4 is 0 Å². The summed E-state index contributed by atoms with van der Waals surface area (Å²) >= 11 is 0. The van der Waals surface area contributed by atoms with Crippen LogP contribution in [0.1, 0.15) is 0 Å². The van der Waals surface area contributed by atoms with Crippen molar-refractivity contribution in [2.75, 3.05) is 0 Å². The van der Waals surface area contributed by atoms with Gasteiger partial charge in [-0.15, -0.1) is 0 Å². The van der Waals surface area contributed by atoms with Crippen LogP contribution >= 0.6 is 0 Å². The molecule has 9 aromatic carbocycles. The van der Waals surface area contributed by atoms with Gasteiger partial charge in [0.2, 0.25) is 0 Å². The van der Waals surface area contributed by atoms with Crippen molar-refractivity contribution in [3.05, 3.63) is 200 Å². The molecule has 0 bridgehead atoms. The molecule has 3 nitrogen and oxygen atoms in total. The first kappa shape index (κ1) is 30.7. The molecule has 0 amide bonds. The van der Waals surface area contributed by atoms with Crippen LogP contribution in [-0.4, -0.2) is 13.5 Å². The summed E-state index contributed by atoms with van der Waals surface area (Å²) in [5, 5.41) is 14.8. The van der Waals surface area contributed by atoms with Gasteiger partial charge in [0.05, 0.1) is 44.3 Å². The minimum Gasteiger partial charge on any atom is -0.309 e. The number of hydrogen-bond acceptors (Lipinski definition) is 0. The summed E-state index contributed by atoms with van der Waals surface area (Å²) in [4.78, 5) is 0. The van der Waals surface area contributed by atoms with Crippen molar-refractivity contribution in [1.29, 1.82) is 0 Å². The maximum Gasteiger partial charge on any atom is 0.0620 e. The van der Waals surface area contributed by atoms with Gasteiger partial charge in [-0.1, -0.05) is 146 Å². The molecule has 0 saturated heterocycles. The van der Waals surface area contributed by atoms with E-state index in [1.54, 1.807) is 0 Å². The van der Waals surface area contributed by atoms with Crippen LogP contribution in [0.25, 0.3) is 115 Å². The number of benzene rings is 9.